The van der Waals surface area contributed by atoms with Gasteiger partial charge in [-0.25, -0.2) is 9.20 Å². The highest BCUT2D eigenvalue weighted by molar-refractivity contribution is 9.10. The van der Waals surface area contributed by atoms with Crippen molar-refractivity contribution in [3.8, 4) is 11.3 Å². The molecular weight excluding hydrogens is 386 g/mol. The molecule has 1 aromatic carbocycles. The van der Waals surface area contributed by atoms with Crippen LogP contribution in [0.4, 0.5) is 0 Å². The number of benzene rings is 1. The molecule has 0 saturated carbocycles. The van der Waals surface area contributed by atoms with Gasteiger partial charge in [-0.05, 0) is 31.5 Å². The van der Waals surface area contributed by atoms with Gasteiger partial charge < -0.3 is 5.32 Å². The van der Waals surface area contributed by atoms with Gasteiger partial charge >= 0.3 is 0 Å². The van der Waals surface area contributed by atoms with Gasteiger partial charge in [-0.15, -0.1) is 0 Å². The number of aromatic nitrogens is 4. The van der Waals surface area contributed by atoms with Crippen LogP contribution in [0.1, 0.15) is 20.3 Å². The predicted molar refractivity (Wildman–Crippen MR) is 98.3 cm³/mol. The van der Waals surface area contributed by atoms with Gasteiger partial charge in [0.25, 0.3) is 5.56 Å². The highest BCUT2D eigenvalue weighted by Gasteiger charge is 2.13. The Kier molecular flexibility index (Phi) is 4.98. The van der Waals surface area contributed by atoms with Crippen LogP contribution in [-0.4, -0.2) is 31.3 Å². The highest BCUT2D eigenvalue weighted by atomic mass is 79.9. The van der Waals surface area contributed by atoms with Crippen molar-refractivity contribution in [2.24, 2.45) is 0 Å². The topological polar surface area (TPSA) is 81.3 Å². The van der Waals surface area contributed by atoms with Crippen molar-refractivity contribution in [1.29, 1.82) is 0 Å². The van der Waals surface area contributed by atoms with Crippen molar-refractivity contribution in [1.82, 2.24) is 24.7 Å². The van der Waals surface area contributed by atoms with Gasteiger partial charge in [-0.2, -0.15) is 10.2 Å². The lowest BCUT2D eigenvalue weighted by Gasteiger charge is -2.11. The number of rotatable bonds is 5. The van der Waals surface area contributed by atoms with E-state index in [1.165, 1.54) is 10.8 Å². The fourth-order valence-electron chi connectivity index (χ4n) is 2.37. The van der Waals surface area contributed by atoms with E-state index in [4.69, 9.17) is 0 Å². The van der Waals surface area contributed by atoms with Crippen LogP contribution in [-0.2, 0) is 11.3 Å². The normalized spacial score (nSPS) is 12.3. The second-order valence-corrected chi connectivity index (χ2v) is 6.75. The molecular formula is C17H18BrN5O2. The van der Waals surface area contributed by atoms with E-state index in [-0.39, 0.29) is 24.1 Å². The van der Waals surface area contributed by atoms with E-state index >= 15 is 0 Å². The Balaban J connectivity index is 1.91. The molecule has 3 rings (SSSR count). The molecule has 0 aliphatic rings. The van der Waals surface area contributed by atoms with Crippen LogP contribution in [0.3, 0.4) is 0 Å². The van der Waals surface area contributed by atoms with Crippen LogP contribution in [0.25, 0.3) is 16.8 Å². The summed E-state index contributed by atoms with van der Waals surface area (Å²) >= 11 is 3.39. The molecule has 25 heavy (non-hydrogen) atoms. The van der Waals surface area contributed by atoms with Crippen molar-refractivity contribution < 1.29 is 4.79 Å². The average molecular weight is 404 g/mol. The third-order valence-electron chi connectivity index (χ3n) is 3.94. The molecule has 1 N–H and O–H groups in total. The minimum Gasteiger partial charge on any atom is -0.352 e. The zero-order valence-corrected chi connectivity index (χ0v) is 15.5. The molecule has 1 atom stereocenters. The molecule has 2 heterocycles. The van der Waals surface area contributed by atoms with Gasteiger partial charge in [0.05, 0.1) is 5.69 Å². The average Bonchev–Trinajstić information content (AvgIpc) is 3.03. The summed E-state index contributed by atoms with van der Waals surface area (Å²) in [7, 11) is 0. The number of hydrogen-bond acceptors (Lipinski definition) is 4. The summed E-state index contributed by atoms with van der Waals surface area (Å²) in [6, 6.07) is 9.42. The Bertz CT molecular complexity index is 961. The Morgan fingerprint density at radius 1 is 1.32 bits per heavy atom. The van der Waals surface area contributed by atoms with Crippen LogP contribution >= 0.6 is 15.9 Å². The summed E-state index contributed by atoms with van der Waals surface area (Å²) in [6.07, 6.45) is 2.27. The predicted octanol–water partition coefficient (Wildman–Crippen LogP) is 2.24. The highest BCUT2D eigenvalue weighted by Crippen LogP contribution is 2.20. The fraction of sp³-hybridized carbons (Fsp3) is 0.294. The van der Waals surface area contributed by atoms with Crippen LogP contribution in [0.15, 0.2) is 45.9 Å². The SMILES string of the molecule is CCC(C)NC(=O)Cn1ncn2nc(-c3ccc(Br)cc3)cc2c1=O. The smallest absolute Gasteiger partial charge is 0.293 e. The summed E-state index contributed by atoms with van der Waals surface area (Å²) in [5, 5.41) is 11.2. The van der Waals surface area contributed by atoms with E-state index in [0.717, 1.165) is 21.1 Å². The first-order valence-electron chi connectivity index (χ1n) is 7.98. The van der Waals surface area contributed by atoms with Gasteiger partial charge in [0, 0.05) is 16.1 Å². The first-order chi connectivity index (χ1) is 12.0. The number of halogens is 1. The summed E-state index contributed by atoms with van der Waals surface area (Å²) in [4.78, 5) is 24.6. The van der Waals surface area contributed by atoms with Crippen molar-refractivity contribution in [2.45, 2.75) is 32.9 Å². The van der Waals surface area contributed by atoms with Gasteiger partial charge in [-0.3, -0.25) is 9.59 Å². The molecule has 0 spiro atoms. The number of carbonyl (C=O) groups excluding carboxylic acids is 1. The molecule has 3 aromatic rings. The van der Waals surface area contributed by atoms with Gasteiger partial charge in [0.1, 0.15) is 18.4 Å². The van der Waals surface area contributed by atoms with E-state index < -0.39 is 0 Å². The summed E-state index contributed by atoms with van der Waals surface area (Å²) in [5.41, 5.74) is 1.60. The van der Waals surface area contributed by atoms with Crippen molar-refractivity contribution in [2.75, 3.05) is 0 Å². The Hall–Kier alpha value is -2.48. The van der Waals surface area contributed by atoms with Crippen LogP contribution < -0.4 is 10.9 Å². The second kappa shape index (κ2) is 7.18. The standard InChI is InChI=1S/C17H18BrN5O2/c1-3-11(2)20-16(24)9-22-17(25)15-8-14(21-23(15)10-19-22)12-4-6-13(18)7-5-12/h4-8,10-11H,3,9H2,1-2H3,(H,20,24). The number of amides is 1. The third-order valence-corrected chi connectivity index (χ3v) is 4.47. The van der Waals surface area contributed by atoms with Crippen molar-refractivity contribution in [3.63, 3.8) is 0 Å². The number of nitrogens with one attached hydrogen (secondary N) is 1. The number of hydrogen-bond donors (Lipinski definition) is 1. The van der Waals surface area contributed by atoms with Gasteiger partial charge in [0.2, 0.25) is 5.91 Å². The zero-order valence-electron chi connectivity index (χ0n) is 13.9. The quantitative estimate of drug-likeness (QED) is 0.707. The second-order valence-electron chi connectivity index (χ2n) is 5.84. The van der Waals surface area contributed by atoms with E-state index in [9.17, 15) is 9.59 Å². The lowest BCUT2D eigenvalue weighted by Crippen LogP contribution is -2.38. The Morgan fingerprint density at radius 3 is 2.72 bits per heavy atom. The maximum atomic E-state index is 12.6. The monoisotopic (exact) mass is 403 g/mol. The van der Waals surface area contributed by atoms with Gasteiger partial charge in [-0.1, -0.05) is 35.0 Å². The zero-order chi connectivity index (χ0) is 18.0. The molecule has 0 aliphatic heterocycles. The summed E-state index contributed by atoms with van der Waals surface area (Å²) in [5.74, 6) is -0.235. The molecule has 1 unspecified atom stereocenters. The first-order valence-corrected chi connectivity index (χ1v) is 8.78. The molecule has 7 nitrogen and oxygen atoms in total. The minimum absolute atomic E-state index is 0.0610. The lowest BCUT2D eigenvalue weighted by molar-refractivity contribution is -0.122. The first kappa shape index (κ1) is 17.3. The van der Waals surface area contributed by atoms with E-state index in [1.807, 2.05) is 38.1 Å². The molecule has 0 radical (unpaired) electrons. The van der Waals surface area contributed by atoms with Gasteiger partial charge in [0.15, 0.2) is 0 Å². The maximum Gasteiger partial charge on any atom is 0.293 e. The van der Waals surface area contributed by atoms with Crippen LogP contribution in [0, 0.1) is 0 Å². The van der Waals surface area contributed by atoms with Crippen molar-refractivity contribution in [3.05, 3.63) is 51.5 Å². The van der Waals surface area contributed by atoms with Crippen LogP contribution in [0.5, 0.6) is 0 Å². The summed E-state index contributed by atoms with van der Waals surface area (Å²) in [6.45, 7) is 3.79. The third kappa shape index (κ3) is 3.79. The molecule has 0 aliphatic carbocycles. The van der Waals surface area contributed by atoms with E-state index in [2.05, 4.69) is 31.4 Å². The largest absolute Gasteiger partial charge is 0.352 e. The maximum absolute atomic E-state index is 12.6. The number of nitrogens with zero attached hydrogens (tertiary/aromatic N) is 4. The molecule has 0 fully saturated rings. The molecule has 8 heteroatoms. The van der Waals surface area contributed by atoms with Crippen molar-refractivity contribution >= 4 is 27.4 Å². The minimum atomic E-state index is -0.349. The molecule has 130 valence electrons. The lowest BCUT2D eigenvalue weighted by atomic mass is 10.1. The molecule has 2 aromatic heterocycles. The Labute approximate surface area is 152 Å². The van der Waals surface area contributed by atoms with Crippen LogP contribution in [0.2, 0.25) is 0 Å². The molecule has 1 amide bonds. The van der Waals surface area contributed by atoms with E-state index in [0.29, 0.717) is 11.2 Å². The molecule has 0 saturated heterocycles. The fourth-order valence-corrected chi connectivity index (χ4v) is 2.64. The molecule has 0 bridgehead atoms. The Morgan fingerprint density at radius 2 is 2.04 bits per heavy atom. The number of carbonyl (C=O) groups is 1. The van der Waals surface area contributed by atoms with E-state index in [1.54, 1.807) is 6.07 Å². The summed E-state index contributed by atoms with van der Waals surface area (Å²) < 4.78 is 3.56. The number of fused-ring (bicyclic) bond motifs is 1.